The summed E-state index contributed by atoms with van der Waals surface area (Å²) in [6.45, 7) is 4.84. The number of nitrogens with two attached hydrogens (primary N) is 1. The molecular weight excluding hydrogens is 293 g/mol. The smallest absolute Gasteiger partial charge is 0.146 e. The summed E-state index contributed by atoms with van der Waals surface area (Å²) in [4.78, 5) is 0. The second kappa shape index (κ2) is 10.2. The Morgan fingerprint density at radius 2 is 1.88 bits per heavy atom. The van der Waals surface area contributed by atoms with Crippen molar-refractivity contribution in [2.24, 2.45) is 22.3 Å². The molecule has 1 fully saturated rings. The van der Waals surface area contributed by atoms with Gasteiger partial charge in [0, 0.05) is 6.61 Å². The molecule has 17 heavy (non-hydrogen) atoms. The molecule has 1 aliphatic rings. The minimum Gasteiger partial charge on any atom is -0.396 e. The molecule has 99 valence electrons. The number of aliphatic hydroxyl groups excluding tert-OH is 1. The van der Waals surface area contributed by atoms with Gasteiger partial charge in [-0.05, 0) is 41.9 Å². The maximum absolute atomic E-state index is 9.54. The predicted octanol–water partition coefficient (Wildman–Crippen LogP) is -0.920. The van der Waals surface area contributed by atoms with Crippen LogP contribution in [0, 0.1) is 16.7 Å². The van der Waals surface area contributed by atoms with Gasteiger partial charge in [0.15, 0.2) is 0 Å². The Hall–Kier alpha value is 2.38. The van der Waals surface area contributed by atoms with Gasteiger partial charge in [-0.2, -0.15) is 0 Å². The first-order valence-electron chi connectivity index (χ1n) is 5.28. The maximum atomic E-state index is 9.54. The van der Waals surface area contributed by atoms with Crippen molar-refractivity contribution in [2.75, 3.05) is 18.9 Å². The lowest BCUT2D eigenvalue weighted by molar-refractivity contribution is 0.0343. The molecule has 1 aliphatic carbocycles. The first-order valence-corrected chi connectivity index (χ1v) is 7.38. The van der Waals surface area contributed by atoms with Crippen LogP contribution in [0.5, 0.6) is 0 Å². The van der Waals surface area contributed by atoms with E-state index in [-0.39, 0.29) is 62.9 Å². The molecule has 1 saturated carbocycles. The Labute approximate surface area is 142 Å². The van der Waals surface area contributed by atoms with Gasteiger partial charge in [0.05, 0.1) is 0 Å². The average Bonchev–Trinajstić information content (AvgIpc) is 2.45. The number of hydrogen-bond acceptors (Lipinski definition) is 2. The Bertz CT molecular complexity index is 214. The molecular formula is C10H29Al3NOP2. The molecule has 0 heterocycles. The van der Waals surface area contributed by atoms with Gasteiger partial charge in [0.2, 0.25) is 0 Å². The molecule has 0 aliphatic heterocycles. The van der Waals surface area contributed by atoms with Gasteiger partial charge in [0.1, 0.15) is 52.1 Å². The molecule has 7 heteroatoms. The summed E-state index contributed by atoms with van der Waals surface area (Å²) in [5, 5.41) is 9.54. The van der Waals surface area contributed by atoms with Crippen LogP contribution in [0.15, 0.2) is 0 Å². The van der Waals surface area contributed by atoms with Crippen molar-refractivity contribution in [1.29, 1.82) is 0 Å². The highest BCUT2D eigenvalue weighted by Crippen LogP contribution is 2.57. The molecule has 3 radical (unpaired) electrons. The molecule has 0 aromatic carbocycles. The summed E-state index contributed by atoms with van der Waals surface area (Å²) in [6.07, 6.45) is 4.56. The first kappa shape index (κ1) is 24.4. The van der Waals surface area contributed by atoms with E-state index in [0.717, 1.165) is 18.7 Å². The average molecular weight is 322 g/mol. The van der Waals surface area contributed by atoms with Crippen molar-refractivity contribution in [2.45, 2.75) is 26.7 Å². The maximum Gasteiger partial charge on any atom is 0.146 e. The van der Waals surface area contributed by atoms with E-state index in [4.69, 9.17) is 5.50 Å². The normalized spacial score (nSPS) is 36.2. The largest absolute Gasteiger partial charge is 0.396 e. The van der Waals surface area contributed by atoms with Crippen LogP contribution in [0.25, 0.3) is 0 Å². The summed E-state index contributed by atoms with van der Waals surface area (Å²) in [6, 6.07) is 0. The Morgan fingerprint density at radius 3 is 2.24 bits per heavy atom. The molecule has 5 unspecified atom stereocenters. The van der Waals surface area contributed by atoms with Crippen molar-refractivity contribution in [3.05, 3.63) is 0 Å². The Kier molecular flexibility index (Phi) is 14.6. The lowest BCUT2D eigenvalue weighted by Gasteiger charge is -2.43. The van der Waals surface area contributed by atoms with E-state index in [9.17, 15) is 5.11 Å². The van der Waals surface area contributed by atoms with Crippen molar-refractivity contribution < 1.29 is 5.11 Å². The molecule has 1 rings (SSSR count). The van der Waals surface area contributed by atoms with Crippen LogP contribution in [0.4, 0.5) is 0 Å². The van der Waals surface area contributed by atoms with Gasteiger partial charge in [-0.15, -0.1) is 9.24 Å². The van der Waals surface area contributed by atoms with Crippen LogP contribution >= 0.6 is 18.0 Å². The zero-order valence-corrected chi connectivity index (χ0v) is 20.4. The van der Waals surface area contributed by atoms with Crippen LogP contribution in [0.2, 0.25) is 0 Å². The summed E-state index contributed by atoms with van der Waals surface area (Å²) in [5.41, 5.74) is 6.02. The molecule has 0 spiro atoms. The topological polar surface area (TPSA) is 46.2 Å². The third-order valence-corrected chi connectivity index (χ3v) is 6.04. The second-order valence-corrected chi connectivity index (χ2v) is 6.21. The fourth-order valence-corrected chi connectivity index (χ4v) is 4.50. The minimum atomic E-state index is 0. The highest BCUT2D eigenvalue weighted by molar-refractivity contribution is 7.35. The van der Waals surface area contributed by atoms with Crippen molar-refractivity contribution in [1.82, 2.24) is 0 Å². The third-order valence-electron chi connectivity index (χ3n) is 4.46. The predicted molar refractivity (Wildman–Crippen MR) is 93.6 cm³/mol. The van der Waals surface area contributed by atoms with E-state index < -0.39 is 0 Å². The van der Waals surface area contributed by atoms with E-state index in [0.29, 0.717) is 21.3 Å². The van der Waals surface area contributed by atoms with Gasteiger partial charge < -0.3 is 10.6 Å². The standard InChI is InChI=1S/C10H23NOP2.3Al.6H/c1-9(6-12)4-3-8(5-14-11)10(9,2)7-13;;;;;;;;;/h8,12,14H,3-7,11,13H2,1-2H3;;;;;;;;;. The van der Waals surface area contributed by atoms with E-state index >= 15 is 0 Å². The number of hydrogen-bond donors (Lipinski definition) is 2. The van der Waals surface area contributed by atoms with Crippen molar-refractivity contribution in [3.8, 4) is 0 Å². The molecule has 0 aromatic heterocycles. The summed E-state index contributed by atoms with van der Waals surface area (Å²) in [7, 11) is 3.40. The molecule has 0 saturated heterocycles. The molecule has 2 nitrogen and oxygen atoms in total. The first-order chi connectivity index (χ1) is 6.54. The monoisotopic (exact) mass is 322 g/mol. The Morgan fingerprint density at radius 1 is 1.35 bits per heavy atom. The summed E-state index contributed by atoms with van der Waals surface area (Å²) < 4.78 is 0. The van der Waals surface area contributed by atoms with E-state index in [1.165, 1.54) is 6.42 Å². The second-order valence-electron chi connectivity index (χ2n) is 4.98. The number of aliphatic hydroxyl groups is 1. The SMILES string of the molecule is CC1(CO)CCC(CPN)C1(C)CP.[AlH2].[AlH2].[AlH2]. The molecule has 0 amide bonds. The Balaban J connectivity index is -0.000000653. The van der Waals surface area contributed by atoms with Crippen LogP contribution < -0.4 is 5.50 Å². The highest BCUT2D eigenvalue weighted by atomic mass is 31.1. The fourth-order valence-electron chi connectivity index (χ4n) is 2.73. The van der Waals surface area contributed by atoms with Crippen LogP contribution in [-0.2, 0) is 0 Å². The molecule has 0 aromatic rings. The lowest BCUT2D eigenvalue weighted by Crippen LogP contribution is -2.41. The van der Waals surface area contributed by atoms with E-state index in [1.54, 1.807) is 0 Å². The third kappa shape index (κ3) is 4.70. The van der Waals surface area contributed by atoms with Crippen molar-refractivity contribution in [3.63, 3.8) is 0 Å². The van der Waals surface area contributed by atoms with Gasteiger partial charge in [-0.25, -0.2) is 0 Å². The molecule has 3 N–H and O–H groups in total. The zero-order chi connectivity index (χ0) is 10.8. The van der Waals surface area contributed by atoms with Gasteiger partial charge in [0.25, 0.3) is 0 Å². The van der Waals surface area contributed by atoms with Crippen molar-refractivity contribution >= 4 is 70.1 Å². The fraction of sp³-hybridized carbons (Fsp3) is 1.00. The number of rotatable bonds is 4. The molecule has 0 bridgehead atoms. The molecule has 5 atom stereocenters. The lowest BCUT2D eigenvalue weighted by atomic mass is 9.66. The van der Waals surface area contributed by atoms with E-state index in [1.807, 2.05) is 0 Å². The minimum absolute atomic E-state index is 0. The van der Waals surface area contributed by atoms with E-state index in [2.05, 4.69) is 23.1 Å². The van der Waals surface area contributed by atoms with Crippen LogP contribution in [0.3, 0.4) is 0 Å². The van der Waals surface area contributed by atoms with Gasteiger partial charge >= 0.3 is 0 Å². The van der Waals surface area contributed by atoms with Gasteiger partial charge in [-0.3, -0.25) is 0 Å². The van der Waals surface area contributed by atoms with Crippen LogP contribution in [0.1, 0.15) is 26.7 Å². The quantitative estimate of drug-likeness (QED) is 0.520. The summed E-state index contributed by atoms with van der Waals surface area (Å²) in [5.74, 6) is 0.695. The zero-order valence-electron chi connectivity index (χ0n) is 12.2. The summed E-state index contributed by atoms with van der Waals surface area (Å²) >= 11 is 0. The van der Waals surface area contributed by atoms with Gasteiger partial charge in [-0.1, -0.05) is 22.6 Å². The highest BCUT2D eigenvalue weighted by Gasteiger charge is 2.52. The van der Waals surface area contributed by atoms with Crippen LogP contribution in [-0.4, -0.2) is 76.1 Å².